The largest absolute Gasteiger partial charge is 0.464 e. The summed E-state index contributed by atoms with van der Waals surface area (Å²) in [5.74, 6) is -3.03. The minimum atomic E-state index is -2.13. The molecule has 0 bridgehead atoms. The van der Waals surface area contributed by atoms with Crippen molar-refractivity contribution in [1.82, 2.24) is 5.32 Å². The number of carbonyl (C=O) groups is 1. The van der Waals surface area contributed by atoms with Crippen molar-refractivity contribution in [3.63, 3.8) is 0 Å². The SMILES string of the molecule is CCCCCCOC(=O)[C@@]1(NC)[C@@H](O)[C@H](O)[C@@H](CO)OC1(O)CC. The van der Waals surface area contributed by atoms with E-state index in [2.05, 4.69) is 12.2 Å². The molecule has 8 nitrogen and oxygen atoms in total. The summed E-state index contributed by atoms with van der Waals surface area (Å²) in [6, 6.07) is 0. The molecule has 1 heterocycles. The minimum Gasteiger partial charge on any atom is -0.464 e. The Morgan fingerprint density at radius 2 is 1.92 bits per heavy atom. The first-order chi connectivity index (χ1) is 11.3. The lowest BCUT2D eigenvalue weighted by atomic mass is 9.75. The molecule has 0 spiro atoms. The third-order valence-corrected chi connectivity index (χ3v) is 4.72. The summed E-state index contributed by atoms with van der Waals surface area (Å²) in [7, 11) is 1.37. The second kappa shape index (κ2) is 9.07. The molecule has 0 aromatic rings. The molecule has 5 atom stereocenters. The summed E-state index contributed by atoms with van der Waals surface area (Å²) in [5.41, 5.74) is -2.04. The maximum atomic E-state index is 12.7. The molecule has 1 fully saturated rings. The van der Waals surface area contributed by atoms with Crippen LogP contribution in [0.5, 0.6) is 0 Å². The monoisotopic (exact) mass is 349 g/mol. The van der Waals surface area contributed by atoms with Gasteiger partial charge in [-0.15, -0.1) is 0 Å². The second-order valence-corrected chi connectivity index (χ2v) is 6.17. The number of nitrogens with one attached hydrogen (secondary N) is 1. The fourth-order valence-electron chi connectivity index (χ4n) is 3.14. The van der Waals surface area contributed by atoms with Crippen LogP contribution in [-0.4, -0.2) is 76.3 Å². The summed E-state index contributed by atoms with van der Waals surface area (Å²) in [5, 5.41) is 43.3. The Morgan fingerprint density at radius 1 is 1.25 bits per heavy atom. The molecule has 0 radical (unpaired) electrons. The van der Waals surface area contributed by atoms with Crippen molar-refractivity contribution in [3.05, 3.63) is 0 Å². The zero-order valence-corrected chi connectivity index (χ0v) is 14.7. The highest BCUT2D eigenvalue weighted by atomic mass is 16.7. The van der Waals surface area contributed by atoms with Crippen LogP contribution in [0.15, 0.2) is 0 Å². The molecule has 0 aliphatic carbocycles. The first kappa shape index (κ1) is 21.3. The van der Waals surface area contributed by atoms with Gasteiger partial charge in [0.15, 0.2) is 11.3 Å². The van der Waals surface area contributed by atoms with E-state index in [1.54, 1.807) is 6.92 Å². The van der Waals surface area contributed by atoms with Gasteiger partial charge in [0.1, 0.15) is 18.3 Å². The van der Waals surface area contributed by atoms with Crippen molar-refractivity contribution < 1.29 is 34.7 Å². The molecule has 1 aliphatic heterocycles. The van der Waals surface area contributed by atoms with Gasteiger partial charge in [0.2, 0.25) is 0 Å². The number of likely N-dealkylation sites (N-methyl/N-ethyl adjacent to an activating group) is 1. The van der Waals surface area contributed by atoms with E-state index in [-0.39, 0.29) is 13.0 Å². The first-order valence-corrected chi connectivity index (χ1v) is 8.57. The van der Waals surface area contributed by atoms with Crippen molar-refractivity contribution in [2.75, 3.05) is 20.3 Å². The average molecular weight is 349 g/mol. The van der Waals surface area contributed by atoms with Crippen LogP contribution in [0.25, 0.3) is 0 Å². The van der Waals surface area contributed by atoms with Crippen molar-refractivity contribution >= 4 is 5.97 Å². The lowest BCUT2D eigenvalue weighted by Gasteiger charge is -2.53. The van der Waals surface area contributed by atoms with E-state index in [0.717, 1.165) is 19.3 Å². The molecule has 8 heteroatoms. The molecule has 1 saturated heterocycles. The molecular formula is C16H31NO7. The maximum absolute atomic E-state index is 12.7. The van der Waals surface area contributed by atoms with E-state index < -0.39 is 42.2 Å². The number of carbonyl (C=O) groups excluding carboxylic acids is 1. The highest BCUT2D eigenvalue weighted by molar-refractivity contribution is 5.83. The molecule has 0 aromatic carbocycles. The van der Waals surface area contributed by atoms with E-state index in [1.807, 2.05) is 0 Å². The third kappa shape index (κ3) is 3.74. The van der Waals surface area contributed by atoms with E-state index in [0.29, 0.717) is 6.42 Å². The average Bonchev–Trinajstić information content (AvgIpc) is 2.58. The summed E-state index contributed by atoms with van der Waals surface area (Å²) < 4.78 is 10.6. The van der Waals surface area contributed by atoms with Gasteiger partial charge in [-0.05, 0) is 13.5 Å². The first-order valence-electron chi connectivity index (χ1n) is 8.57. The number of hydrogen-bond acceptors (Lipinski definition) is 8. The van der Waals surface area contributed by atoms with E-state index in [4.69, 9.17) is 9.47 Å². The predicted octanol–water partition coefficient (Wildman–Crippen LogP) is -0.720. The zero-order chi connectivity index (χ0) is 18.4. The minimum absolute atomic E-state index is 0.0565. The van der Waals surface area contributed by atoms with Gasteiger partial charge in [0, 0.05) is 6.42 Å². The molecule has 0 aromatic heterocycles. The summed E-state index contributed by atoms with van der Waals surface area (Å²) in [6.07, 6.45) is -0.876. The molecule has 24 heavy (non-hydrogen) atoms. The summed E-state index contributed by atoms with van der Waals surface area (Å²) >= 11 is 0. The Hall–Kier alpha value is -0.770. The molecule has 1 rings (SSSR count). The van der Waals surface area contributed by atoms with Crippen molar-refractivity contribution in [3.8, 4) is 0 Å². The number of rotatable bonds is 9. The maximum Gasteiger partial charge on any atom is 0.334 e. The number of unbranched alkanes of at least 4 members (excludes halogenated alkanes) is 3. The van der Waals surface area contributed by atoms with Crippen LogP contribution in [0.4, 0.5) is 0 Å². The van der Waals surface area contributed by atoms with E-state index >= 15 is 0 Å². The van der Waals surface area contributed by atoms with Crippen molar-refractivity contribution in [1.29, 1.82) is 0 Å². The molecule has 1 aliphatic rings. The zero-order valence-electron chi connectivity index (χ0n) is 14.7. The lowest BCUT2D eigenvalue weighted by Crippen LogP contribution is -2.80. The van der Waals surface area contributed by atoms with Crippen LogP contribution in [0.2, 0.25) is 0 Å². The van der Waals surface area contributed by atoms with Gasteiger partial charge in [-0.2, -0.15) is 0 Å². The summed E-state index contributed by atoms with van der Waals surface area (Å²) in [6.45, 7) is 3.18. The Kier molecular flexibility index (Phi) is 8.04. The van der Waals surface area contributed by atoms with Gasteiger partial charge in [-0.3, -0.25) is 5.32 Å². The van der Waals surface area contributed by atoms with Crippen LogP contribution in [0, 0.1) is 0 Å². The topological polar surface area (TPSA) is 128 Å². The van der Waals surface area contributed by atoms with Crippen molar-refractivity contribution in [2.45, 2.75) is 75.6 Å². The van der Waals surface area contributed by atoms with Crippen LogP contribution in [0.1, 0.15) is 46.0 Å². The number of esters is 1. The Balaban J connectivity index is 2.99. The van der Waals surface area contributed by atoms with Gasteiger partial charge < -0.3 is 29.9 Å². The molecule has 142 valence electrons. The van der Waals surface area contributed by atoms with E-state index in [9.17, 15) is 25.2 Å². The highest BCUT2D eigenvalue weighted by Gasteiger charge is 2.67. The van der Waals surface area contributed by atoms with Crippen molar-refractivity contribution in [2.24, 2.45) is 0 Å². The lowest BCUT2D eigenvalue weighted by molar-refractivity contribution is -0.344. The quantitative estimate of drug-likeness (QED) is 0.272. The number of aliphatic hydroxyl groups is 4. The van der Waals surface area contributed by atoms with Gasteiger partial charge in [-0.25, -0.2) is 4.79 Å². The molecular weight excluding hydrogens is 318 g/mol. The van der Waals surface area contributed by atoms with Gasteiger partial charge in [0.25, 0.3) is 0 Å². The number of aliphatic hydroxyl groups excluding tert-OH is 3. The Bertz CT molecular complexity index is 408. The predicted molar refractivity (Wildman–Crippen MR) is 86.1 cm³/mol. The van der Waals surface area contributed by atoms with Crippen LogP contribution in [0.3, 0.4) is 0 Å². The Morgan fingerprint density at radius 3 is 2.42 bits per heavy atom. The van der Waals surface area contributed by atoms with Crippen LogP contribution >= 0.6 is 0 Å². The third-order valence-electron chi connectivity index (χ3n) is 4.72. The fourth-order valence-corrected chi connectivity index (χ4v) is 3.14. The number of hydrogen-bond donors (Lipinski definition) is 5. The molecule has 5 N–H and O–H groups in total. The molecule has 0 saturated carbocycles. The summed E-state index contributed by atoms with van der Waals surface area (Å²) in [4.78, 5) is 12.7. The standard InChI is InChI=1S/C16H31NO7/c1-4-6-7-8-9-23-14(21)16(17-3)13(20)12(19)11(10-18)24-15(16,22)5-2/h11-13,17-20,22H,4-10H2,1-3H3/t11-,12-,13+,15?,16+/m1/s1. The van der Waals surface area contributed by atoms with Crippen LogP contribution < -0.4 is 5.32 Å². The van der Waals surface area contributed by atoms with E-state index in [1.165, 1.54) is 7.05 Å². The molecule has 0 amide bonds. The van der Waals surface area contributed by atoms with Gasteiger partial charge in [0.05, 0.1) is 13.2 Å². The highest BCUT2D eigenvalue weighted by Crippen LogP contribution is 2.39. The van der Waals surface area contributed by atoms with Gasteiger partial charge >= 0.3 is 5.97 Å². The Labute approximate surface area is 142 Å². The second-order valence-electron chi connectivity index (χ2n) is 6.17. The van der Waals surface area contributed by atoms with Crippen LogP contribution in [-0.2, 0) is 14.3 Å². The smallest absolute Gasteiger partial charge is 0.334 e. The fraction of sp³-hybridized carbons (Fsp3) is 0.938. The molecule has 1 unspecified atom stereocenters. The number of ether oxygens (including phenoxy) is 2. The normalized spacial score (nSPS) is 36.5. The van der Waals surface area contributed by atoms with Gasteiger partial charge in [-0.1, -0.05) is 33.1 Å².